The van der Waals surface area contributed by atoms with Gasteiger partial charge in [0.1, 0.15) is 0 Å². The van der Waals surface area contributed by atoms with Crippen molar-refractivity contribution in [1.29, 1.82) is 0 Å². The summed E-state index contributed by atoms with van der Waals surface area (Å²) in [5, 5.41) is 11.7. The minimum absolute atomic E-state index is 0.574. The van der Waals surface area contributed by atoms with Crippen molar-refractivity contribution in [1.82, 2.24) is 0 Å². The second kappa shape index (κ2) is 4.33. The molecule has 1 N–H and O–H groups in total. The van der Waals surface area contributed by atoms with Crippen LogP contribution in [0.5, 0.6) is 0 Å². The van der Waals surface area contributed by atoms with E-state index in [2.05, 4.69) is 4.74 Å². The van der Waals surface area contributed by atoms with E-state index in [0.717, 1.165) is 10.8 Å². The van der Waals surface area contributed by atoms with E-state index >= 15 is 0 Å². The lowest BCUT2D eigenvalue weighted by atomic mass is 10.0. The first-order valence-corrected chi connectivity index (χ1v) is 4.97. The highest BCUT2D eigenvalue weighted by Gasteiger charge is 2.19. The molecular formula is C13H12O3. The van der Waals surface area contributed by atoms with Gasteiger partial charge in [-0.05, 0) is 16.3 Å². The first-order valence-electron chi connectivity index (χ1n) is 4.97. The number of benzene rings is 2. The van der Waals surface area contributed by atoms with Crippen molar-refractivity contribution < 1.29 is 14.6 Å². The highest BCUT2D eigenvalue weighted by Crippen LogP contribution is 2.24. The van der Waals surface area contributed by atoms with E-state index in [1.807, 2.05) is 36.4 Å². The van der Waals surface area contributed by atoms with Crippen molar-refractivity contribution in [2.45, 2.75) is 6.10 Å². The molecule has 1 atom stereocenters. The first kappa shape index (κ1) is 10.6. The number of hydrogen-bond acceptors (Lipinski definition) is 3. The third-order valence-electron chi connectivity index (χ3n) is 2.54. The van der Waals surface area contributed by atoms with Crippen molar-refractivity contribution >= 4 is 16.7 Å². The summed E-state index contributed by atoms with van der Waals surface area (Å²) in [5.41, 5.74) is 0.574. The molecule has 0 bridgehead atoms. The van der Waals surface area contributed by atoms with E-state index in [1.54, 1.807) is 6.07 Å². The predicted molar refractivity (Wildman–Crippen MR) is 60.9 cm³/mol. The normalized spacial score (nSPS) is 12.4. The summed E-state index contributed by atoms with van der Waals surface area (Å²) >= 11 is 0. The third-order valence-corrected chi connectivity index (χ3v) is 2.54. The van der Waals surface area contributed by atoms with Crippen LogP contribution in [0.4, 0.5) is 0 Å². The zero-order valence-corrected chi connectivity index (χ0v) is 8.88. The Labute approximate surface area is 93.3 Å². The van der Waals surface area contributed by atoms with Crippen LogP contribution in [0.3, 0.4) is 0 Å². The van der Waals surface area contributed by atoms with E-state index in [-0.39, 0.29) is 0 Å². The van der Waals surface area contributed by atoms with Gasteiger partial charge >= 0.3 is 5.97 Å². The summed E-state index contributed by atoms with van der Waals surface area (Å²) < 4.78 is 4.53. The van der Waals surface area contributed by atoms with Crippen LogP contribution < -0.4 is 0 Å². The standard InChI is InChI=1S/C13H12O3/c1-16-13(15)12(14)11-8-4-6-9-5-2-3-7-10(9)11/h2-8,12,14H,1H3/t12-/m1/s1. The van der Waals surface area contributed by atoms with Gasteiger partial charge in [0.25, 0.3) is 0 Å². The Bertz CT molecular complexity index is 514. The molecule has 0 aromatic heterocycles. The van der Waals surface area contributed by atoms with Crippen LogP contribution in [0.2, 0.25) is 0 Å². The molecule has 0 aliphatic rings. The maximum atomic E-state index is 11.3. The first-order chi connectivity index (χ1) is 7.74. The van der Waals surface area contributed by atoms with Crippen molar-refractivity contribution in [3.05, 3.63) is 48.0 Å². The quantitative estimate of drug-likeness (QED) is 0.781. The Morgan fingerprint density at radius 1 is 1.19 bits per heavy atom. The SMILES string of the molecule is COC(=O)[C@H](O)c1cccc2ccccc12. The number of esters is 1. The Hall–Kier alpha value is -1.87. The van der Waals surface area contributed by atoms with Crippen LogP contribution in [0.1, 0.15) is 11.7 Å². The highest BCUT2D eigenvalue weighted by atomic mass is 16.5. The second-order valence-corrected chi connectivity index (χ2v) is 3.49. The molecule has 2 aromatic carbocycles. The summed E-state index contributed by atoms with van der Waals surface area (Å²) in [6, 6.07) is 13.1. The highest BCUT2D eigenvalue weighted by molar-refractivity contribution is 5.90. The van der Waals surface area contributed by atoms with Gasteiger partial charge in [-0.1, -0.05) is 42.5 Å². The minimum Gasteiger partial charge on any atom is -0.467 e. The predicted octanol–water partition coefficient (Wildman–Crippen LogP) is 2.05. The molecule has 0 unspecified atom stereocenters. The van der Waals surface area contributed by atoms with Gasteiger partial charge in [0.2, 0.25) is 0 Å². The molecule has 0 saturated carbocycles. The van der Waals surface area contributed by atoms with Crippen LogP contribution in [0.25, 0.3) is 10.8 Å². The molecule has 0 radical (unpaired) electrons. The molecular weight excluding hydrogens is 204 g/mol. The molecule has 0 heterocycles. The lowest BCUT2D eigenvalue weighted by Gasteiger charge is -2.11. The molecule has 3 nitrogen and oxygen atoms in total. The van der Waals surface area contributed by atoms with Crippen molar-refractivity contribution in [2.24, 2.45) is 0 Å². The smallest absolute Gasteiger partial charge is 0.339 e. The summed E-state index contributed by atoms with van der Waals surface area (Å²) in [7, 11) is 1.26. The van der Waals surface area contributed by atoms with Gasteiger partial charge in [-0.15, -0.1) is 0 Å². The zero-order chi connectivity index (χ0) is 11.5. The molecule has 82 valence electrons. The van der Waals surface area contributed by atoms with Crippen LogP contribution in [0, 0.1) is 0 Å². The van der Waals surface area contributed by atoms with Crippen LogP contribution >= 0.6 is 0 Å². The molecule has 2 rings (SSSR count). The van der Waals surface area contributed by atoms with Crippen LogP contribution in [-0.4, -0.2) is 18.2 Å². The monoisotopic (exact) mass is 216 g/mol. The number of hydrogen-bond donors (Lipinski definition) is 1. The minimum atomic E-state index is -1.23. The summed E-state index contributed by atoms with van der Waals surface area (Å²) in [6.07, 6.45) is -1.23. The lowest BCUT2D eigenvalue weighted by molar-refractivity contribution is -0.150. The van der Waals surface area contributed by atoms with E-state index in [9.17, 15) is 9.90 Å². The largest absolute Gasteiger partial charge is 0.467 e. The molecule has 2 aromatic rings. The number of carbonyl (C=O) groups is 1. The Morgan fingerprint density at radius 2 is 1.88 bits per heavy atom. The second-order valence-electron chi connectivity index (χ2n) is 3.49. The van der Waals surface area contributed by atoms with E-state index < -0.39 is 12.1 Å². The molecule has 16 heavy (non-hydrogen) atoms. The van der Waals surface area contributed by atoms with Gasteiger partial charge in [0.15, 0.2) is 6.10 Å². The number of fused-ring (bicyclic) bond motifs is 1. The summed E-state index contributed by atoms with van der Waals surface area (Å²) in [6.45, 7) is 0. The van der Waals surface area contributed by atoms with E-state index in [1.165, 1.54) is 7.11 Å². The maximum absolute atomic E-state index is 11.3. The van der Waals surface area contributed by atoms with Crippen molar-refractivity contribution in [3.63, 3.8) is 0 Å². The average Bonchev–Trinajstić information content (AvgIpc) is 2.36. The number of carbonyl (C=O) groups excluding carboxylic acids is 1. The van der Waals surface area contributed by atoms with E-state index in [4.69, 9.17) is 0 Å². The van der Waals surface area contributed by atoms with Gasteiger partial charge in [-0.3, -0.25) is 0 Å². The lowest BCUT2D eigenvalue weighted by Crippen LogP contribution is -2.13. The molecule has 0 amide bonds. The third kappa shape index (κ3) is 1.77. The average molecular weight is 216 g/mol. The van der Waals surface area contributed by atoms with Gasteiger partial charge in [-0.25, -0.2) is 4.79 Å². The number of ether oxygens (including phenoxy) is 1. The van der Waals surface area contributed by atoms with Gasteiger partial charge in [0, 0.05) is 0 Å². The topological polar surface area (TPSA) is 46.5 Å². The Balaban J connectivity index is 2.56. The van der Waals surface area contributed by atoms with Crippen LogP contribution in [-0.2, 0) is 9.53 Å². The molecule has 0 fully saturated rings. The maximum Gasteiger partial charge on any atom is 0.339 e. The molecule has 0 aliphatic heterocycles. The zero-order valence-electron chi connectivity index (χ0n) is 8.88. The number of aliphatic hydroxyl groups is 1. The van der Waals surface area contributed by atoms with Crippen LogP contribution in [0.15, 0.2) is 42.5 Å². The fourth-order valence-corrected chi connectivity index (χ4v) is 1.73. The van der Waals surface area contributed by atoms with Crippen molar-refractivity contribution in [3.8, 4) is 0 Å². The molecule has 0 aliphatic carbocycles. The Morgan fingerprint density at radius 3 is 2.62 bits per heavy atom. The molecule has 0 spiro atoms. The summed E-state index contributed by atoms with van der Waals surface area (Å²) in [5.74, 6) is -0.642. The fourth-order valence-electron chi connectivity index (χ4n) is 1.73. The molecule has 3 heteroatoms. The van der Waals surface area contributed by atoms with Gasteiger partial charge in [0.05, 0.1) is 7.11 Å². The van der Waals surface area contributed by atoms with Gasteiger partial charge in [-0.2, -0.15) is 0 Å². The van der Waals surface area contributed by atoms with E-state index in [0.29, 0.717) is 5.56 Å². The number of rotatable bonds is 2. The fraction of sp³-hybridized carbons (Fsp3) is 0.154. The summed E-state index contributed by atoms with van der Waals surface area (Å²) in [4.78, 5) is 11.3. The Kier molecular flexibility index (Phi) is 2.88. The van der Waals surface area contributed by atoms with Crippen molar-refractivity contribution in [2.75, 3.05) is 7.11 Å². The number of methoxy groups -OCH3 is 1. The van der Waals surface area contributed by atoms with Gasteiger partial charge < -0.3 is 9.84 Å². The molecule has 0 saturated heterocycles. The number of aliphatic hydroxyl groups excluding tert-OH is 1.